The first-order valence-corrected chi connectivity index (χ1v) is 7.67. The highest BCUT2D eigenvalue weighted by atomic mass is 32.2. The molecule has 2 amide bonds. The van der Waals surface area contributed by atoms with Crippen LogP contribution in [0.5, 0.6) is 0 Å². The maximum atomic E-state index is 11.8. The monoisotopic (exact) mass is 296 g/mol. The second kappa shape index (κ2) is 8.47. The van der Waals surface area contributed by atoms with Gasteiger partial charge in [-0.05, 0) is 44.2 Å². The molecule has 0 radical (unpaired) electrons. The molecular formula is C14H20N2O3S. The Bertz CT molecular complexity index is 465. The number of aliphatic carboxylic acids is 1. The van der Waals surface area contributed by atoms with Crippen molar-refractivity contribution in [2.24, 2.45) is 0 Å². The minimum atomic E-state index is -0.810. The lowest BCUT2D eigenvalue weighted by Crippen LogP contribution is -2.36. The summed E-state index contributed by atoms with van der Waals surface area (Å²) in [5, 5.41) is 14.1. The smallest absolute Gasteiger partial charge is 0.319 e. The molecule has 0 saturated heterocycles. The van der Waals surface area contributed by atoms with Crippen molar-refractivity contribution >= 4 is 29.4 Å². The summed E-state index contributed by atoms with van der Waals surface area (Å²) >= 11 is 1.61. The third kappa shape index (κ3) is 6.47. The minimum Gasteiger partial charge on any atom is -0.481 e. The van der Waals surface area contributed by atoms with Crippen molar-refractivity contribution in [3.63, 3.8) is 0 Å². The van der Waals surface area contributed by atoms with Crippen molar-refractivity contribution in [3.05, 3.63) is 24.3 Å². The average molecular weight is 296 g/mol. The van der Waals surface area contributed by atoms with Gasteiger partial charge >= 0.3 is 12.0 Å². The van der Waals surface area contributed by atoms with Gasteiger partial charge < -0.3 is 15.7 Å². The Kier molecular flexibility index (Phi) is 6.93. The van der Waals surface area contributed by atoms with E-state index in [0.717, 1.165) is 10.6 Å². The Labute approximate surface area is 123 Å². The minimum absolute atomic E-state index is 0.0573. The molecule has 1 aromatic carbocycles. The van der Waals surface area contributed by atoms with Crippen LogP contribution >= 0.6 is 11.8 Å². The molecule has 110 valence electrons. The van der Waals surface area contributed by atoms with Gasteiger partial charge in [-0.3, -0.25) is 4.79 Å². The molecule has 0 fully saturated rings. The van der Waals surface area contributed by atoms with Crippen LogP contribution in [0.1, 0.15) is 26.2 Å². The van der Waals surface area contributed by atoms with Crippen LogP contribution in [0.15, 0.2) is 29.2 Å². The van der Waals surface area contributed by atoms with Crippen LogP contribution in [0.25, 0.3) is 0 Å². The van der Waals surface area contributed by atoms with Crippen LogP contribution in [-0.4, -0.2) is 29.4 Å². The molecule has 1 aromatic rings. The lowest BCUT2D eigenvalue weighted by molar-refractivity contribution is -0.137. The van der Waals surface area contributed by atoms with E-state index < -0.39 is 5.97 Å². The summed E-state index contributed by atoms with van der Waals surface area (Å²) in [5.74, 6) is -0.810. The highest BCUT2D eigenvalue weighted by molar-refractivity contribution is 7.98. The summed E-state index contributed by atoms with van der Waals surface area (Å²) in [5.41, 5.74) is 0.743. The molecule has 1 rings (SSSR count). The molecule has 5 nitrogen and oxygen atoms in total. The highest BCUT2D eigenvalue weighted by Crippen LogP contribution is 2.18. The Balaban J connectivity index is 2.36. The number of urea groups is 1. The number of anilines is 1. The van der Waals surface area contributed by atoms with Crippen molar-refractivity contribution in [1.82, 2.24) is 5.32 Å². The van der Waals surface area contributed by atoms with Gasteiger partial charge in [0.1, 0.15) is 0 Å². The second-order valence-corrected chi connectivity index (χ2v) is 5.40. The molecule has 1 atom stereocenters. The summed E-state index contributed by atoms with van der Waals surface area (Å²) < 4.78 is 0. The van der Waals surface area contributed by atoms with E-state index in [0.29, 0.717) is 12.8 Å². The van der Waals surface area contributed by atoms with E-state index in [1.807, 2.05) is 37.4 Å². The summed E-state index contributed by atoms with van der Waals surface area (Å²) in [6.07, 6.45) is 3.30. The molecule has 0 aromatic heterocycles. The highest BCUT2D eigenvalue weighted by Gasteiger charge is 2.08. The topological polar surface area (TPSA) is 78.4 Å². The Hall–Kier alpha value is -1.69. The van der Waals surface area contributed by atoms with Crippen molar-refractivity contribution in [2.75, 3.05) is 11.6 Å². The largest absolute Gasteiger partial charge is 0.481 e. The van der Waals surface area contributed by atoms with E-state index in [9.17, 15) is 9.59 Å². The van der Waals surface area contributed by atoms with Gasteiger partial charge in [0.25, 0.3) is 0 Å². The normalized spacial score (nSPS) is 11.7. The van der Waals surface area contributed by atoms with E-state index in [2.05, 4.69) is 10.6 Å². The number of thioether (sulfide) groups is 1. The van der Waals surface area contributed by atoms with Crippen molar-refractivity contribution in [2.45, 2.75) is 37.1 Å². The van der Waals surface area contributed by atoms with Gasteiger partial charge in [0.2, 0.25) is 0 Å². The van der Waals surface area contributed by atoms with Crippen molar-refractivity contribution in [3.8, 4) is 0 Å². The standard InChI is InChI=1S/C14H20N2O3S/c1-10(5-3-8-13(17)18)15-14(19)16-11-6-4-7-12(9-11)20-2/h4,6-7,9-10H,3,5,8H2,1-2H3,(H,17,18)(H2,15,16,19). The van der Waals surface area contributed by atoms with Crippen LogP contribution in [0, 0.1) is 0 Å². The van der Waals surface area contributed by atoms with Gasteiger partial charge in [0.15, 0.2) is 0 Å². The zero-order valence-corrected chi connectivity index (χ0v) is 12.5. The van der Waals surface area contributed by atoms with Crippen molar-refractivity contribution < 1.29 is 14.7 Å². The molecule has 0 aliphatic heterocycles. The van der Waals surface area contributed by atoms with Gasteiger partial charge in [-0.25, -0.2) is 4.79 Å². The van der Waals surface area contributed by atoms with E-state index in [1.54, 1.807) is 11.8 Å². The number of nitrogens with one attached hydrogen (secondary N) is 2. The summed E-state index contributed by atoms with van der Waals surface area (Å²) in [6.45, 7) is 1.86. The first kappa shape index (κ1) is 16.4. The fourth-order valence-corrected chi connectivity index (χ4v) is 2.18. The average Bonchev–Trinajstić information content (AvgIpc) is 2.38. The zero-order chi connectivity index (χ0) is 15.0. The third-order valence-electron chi connectivity index (χ3n) is 2.73. The van der Waals surface area contributed by atoms with Crippen LogP contribution in [-0.2, 0) is 4.79 Å². The zero-order valence-electron chi connectivity index (χ0n) is 11.7. The van der Waals surface area contributed by atoms with Crippen LogP contribution in [0.4, 0.5) is 10.5 Å². The molecule has 0 heterocycles. The maximum absolute atomic E-state index is 11.8. The third-order valence-corrected chi connectivity index (χ3v) is 3.46. The molecular weight excluding hydrogens is 276 g/mol. The number of amides is 2. The fraction of sp³-hybridized carbons (Fsp3) is 0.429. The van der Waals surface area contributed by atoms with Gasteiger partial charge in [-0.2, -0.15) is 0 Å². The van der Waals surface area contributed by atoms with Crippen LogP contribution < -0.4 is 10.6 Å². The summed E-state index contributed by atoms with van der Waals surface area (Å²) in [7, 11) is 0. The summed E-state index contributed by atoms with van der Waals surface area (Å²) in [6, 6.07) is 7.26. The Morgan fingerprint density at radius 3 is 2.80 bits per heavy atom. The first-order valence-electron chi connectivity index (χ1n) is 6.44. The van der Waals surface area contributed by atoms with Crippen LogP contribution in [0.3, 0.4) is 0 Å². The molecule has 6 heteroatoms. The molecule has 0 bridgehead atoms. The number of carboxylic acid groups (broad SMARTS) is 1. The van der Waals surface area contributed by atoms with Gasteiger partial charge in [0.05, 0.1) is 0 Å². The predicted molar refractivity (Wildman–Crippen MR) is 81.3 cm³/mol. The Morgan fingerprint density at radius 1 is 1.40 bits per heavy atom. The number of carbonyl (C=O) groups excluding carboxylic acids is 1. The predicted octanol–water partition coefficient (Wildman–Crippen LogP) is 3.17. The first-order chi connectivity index (χ1) is 9.51. The quantitative estimate of drug-likeness (QED) is 0.675. The number of rotatable bonds is 7. The van der Waals surface area contributed by atoms with E-state index in [1.165, 1.54) is 0 Å². The fourth-order valence-electron chi connectivity index (χ4n) is 1.72. The molecule has 0 aliphatic carbocycles. The van der Waals surface area contributed by atoms with Gasteiger partial charge in [-0.1, -0.05) is 6.07 Å². The molecule has 3 N–H and O–H groups in total. The van der Waals surface area contributed by atoms with E-state index in [-0.39, 0.29) is 18.5 Å². The molecule has 1 unspecified atom stereocenters. The maximum Gasteiger partial charge on any atom is 0.319 e. The lowest BCUT2D eigenvalue weighted by Gasteiger charge is -2.14. The Morgan fingerprint density at radius 2 is 2.15 bits per heavy atom. The number of hydrogen-bond donors (Lipinski definition) is 3. The number of hydrogen-bond acceptors (Lipinski definition) is 3. The second-order valence-electron chi connectivity index (χ2n) is 4.52. The summed E-state index contributed by atoms with van der Waals surface area (Å²) in [4.78, 5) is 23.3. The molecule has 0 aliphatic rings. The SMILES string of the molecule is CSc1cccc(NC(=O)NC(C)CCCC(=O)O)c1. The molecule has 0 saturated carbocycles. The molecule has 0 spiro atoms. The van der Waals surface area contributed by atoms with Gasteiger partial charge in [-0.15, -0.1) is 11.8 Å². The number of carboxylic acids is 1. The van der Waals surface area contributed by atoms with E-state index >= 15 is 0 Å². The number of carbonyl (C=O) groups is 2. The number of benzene rings is 1. The van der Waals surface area contributed by atoms with E-state index in [4.69, 9.17) is 5.11 Å². The van der Waals surface area contributed by atoms with Crippen molar-refractivity contribution in [1.29, 1.82) is 0 Å². The van der Waals surface area contributed by atoms with Crippen LogP contribution in [0.2, 0.25) is 0 Å². The molecule has 20 heavy (non-hydrogen) atoms. The lowest BCUT2D eigenvalue weighted by atomic mass is 10.1. The van der Waals surface area contributed by atoms with Gasteiger partial charge in [0, 0.05) is 23.0 Å².